The van der Waals surface area contributed by atoms with E-state index in [0.717, 1.165) is 22.8 Å². The van der Waals surface area contributed by atoms with Gasteiger partial charge in [-0.1, -0.05) is 0 Å². The fraction of sp³-hybridized carbons (Fsp3) is 0.286. The quantitative estimate of drug-likeness (QED) is 0.895. The Morgan fingerprint density at radius 1 is 1.32 bits per heavy atom. The summed E-state index contributed by atoms with van der Waals surface area (Å²) in [4.78, 5) is 7.46. The Kier molecular flexibility index (Phi) is 2.46. The Balaban J connectivity index is 1.98. The van der Waals surface area contributed by atoms with Crippen LogP contribution in [0, 0.1) is 11.3 Å². The molecule has 0 unspecified atom stereocenters. The zero-order valence-electron chi connectivity index (χ0n) is 10.7. The molecule has 0 saturated heterocycles. The van der Waals surface area contributed by atoms with Crippen LogP contribution >= 0.6 is 0 Å². The first-order valence-corrected chi connectivity index (χ1v) is 5.97. The highest BCUT2D eigenvalue weighted by atomic mass is 16.7. The molecule has 1 aliphatic heterocycles. The van der Waals surface area contributed by atoms with Crippen LogP contribution in [0.1, 0.15) is 19.7 Å². The molecule has 1 aromatic heterocycles. The maximum Gasteiger partial charge on any atom is 0.231 e. The predicted molar refractivity (Wildman–Crippen MR) is 68.8 cm³/mol. The SMILES string of the molecule is CC(C)(C#N)c1ncc(-c2ccc3c(c2)OCO3)[nH]1. The molecule has 0 bridgehead atoms. The number of fused-ring (bicyclic) bond motifs is 1. The molecule has 0 fully saturated rings. The third-order valence-electron chi connectivity index (χ3n) is 3.13. The van der Waals surface area contributed by atoms with Crippen LogP contribution in [0.2, 0.25) is 0 Å². The molecule has 0 aliphatic carbocycles. The lowest BCUT2D eigenvalue weighted by molar-refractivity contribution is 0.174. The second-order valence-corrected chi connectivity index (χ2v) is 4.95. The molecule has 2 heterocycles. The summed E-state index contributed by atoms with van der Waals surface area (Å²) < 4.78 is 10.6. The molecule has 96 valence electrons. The van der Waals surface area contributed by atoms with E-state index in [4.69, 9.17) is 14.7 Å². The average molecular weight is 255 g/mol. The predicted octanol–water partition coefficient (Wildman–Crippen LogP) is 2.61. The Morgan fingerprint density at radius 2 is 2.11 bits per heavy atom. The van der Waals surface area contributed by atoms with Crippen LogP contribution < -0.4 is 9.47 Å². The smallest absolute Gasteiger partial charge is 0.231 e. The fourth-order valence-corrected chi connectivity index (χ4v) is 1.90. The van der Waals surface area contributed by atoms with Crippen molar-refractivity contribution in [2.24, 2.45) is 0 Å². The summed E-state index contributed by atoms with van der Waals surface area (Å²) in [5.74, 6) is 2.14. The second kappa shape index (κ2) is 4.02. The molecule has 5 nitrogen and oxygen atoms in total. The van der Waals surface area contributed by atoms with Gasteiger partial charge in [-0.2, -0.15) is 5.26 Å². The maximum atomic E-state index is 9.11. The summed E-state index contributed by atoms with van der Waals surface area (Å²) in [6, 6.07) is 7.93. The number of ether oxygens (including phenoxy) is 2. The van der Waals surface area contributed by atoms with Gasteiger partial charge >= 0.3 is 0 Å². The van der Waals surface area contributed by atoms with Crippen molar-refractivity contribution < 1.29 is 9.47 Å². The first-order chi connectivity index (χ1) is 9.10. The molecule has 0 amide bonds. The molecular weight excluding hydrogens is 242 g/mol. The number of H-pyrrole nitrogens is 1. The molecule has 19 heavy (non-hydrogen) atoms. The van der Waals surface area contributed by atoms with Crippen molar-refractivity contribution in [2.45, 2.75) is 19.3 Å². The first-order valence-electron chi connectivity index (χ1n) is 5.97. The van der Waals surface area contributed by atoms with E-state index in [1.165, 1.54) is 0 Å². The Labute approximate surface area is 110 Å². The Bertz CT molecular complexity index is 668. The molecule has 0 saturated carbocycles. The van der Waals surface area contributed by atoms with Crippen LogP contribution in [0.15, 0.2) is 24.4 Å². The number of aromatic nitrogens is 2. The number of hydrogen-bond acceptors (Lipinski definition) is 4. The van der Waals surface area contributed by atoms with Gasteiger partial charge in [0.1, 0.15) is 11.2 Å². The monoisotopic (exact) mass is 255 g/mol. The number of nitrogens with one attached hydrogen (secondary N) is 1. The van der Waals surface area contributed by atoms with Crippen LogP contribution in [-0.2, 0) is 5.41 Å². The van der Waals surface area contributed by atoms with Crippen molar-refractivity contribution in [3.63, 3.8) is 0 Å². The van der Waals surface area contributed by atoms with Crippen molar-refractivity contribution in [1.82, 2.24) is 9.97 Å². The Morgan fingerprint density at radius 3 is 2.89 bits per heavy atom. The van der Waals surface area contributed by atoms with Gasteiger partial charge in [0.2, 0.25) is 6.79 Å². The molecule has 5 heteroatoms. The minimum atomic E-state index is -0.630. The molecule has 1 aromatic carbocycles. The van der Waals surface area contributed by atoms with E-state index in [-0.39, 0.29) is 6.79 Å². The lowest BCUT2D eigenvalue weighted by Gasteiger charge is -2.10. The number of imidazole rings is 1. The second-order valence-electron chi connectivity index (χ2n) is 4.95. The number of benzene rings is 1. The van der Waals surface area contributed by atoms with E-state index in [0.29, 0.717) is 5.82 Å². The molecule has 2 aromatic rings. The summed E-state index contributed by atoms with van der Waals surface area (Å²) in [6.45, 7) is 3.92. The summed E-state index contributed by atoms with van der Waals surface area (Å²) in [7, 11) is 0. The lowest BCUT2D eigenvalue weighted by Crippen LogP contribution is -2.15. The summed E-state index contributed by atoms with van der Waals surface area (Å²) in [5, 5.41) is 9.11. The van der Waals surface area contributed by atoms with E-state index in [9.17, 15) is 0 Å². The zero-order valence-corrected chi connectivity index (χ0v) is 10.7. The number of hydrogen-bond donors (Lipinski definition) is 1. The molecule has 3 rings (SSSR count). The van der Waals surface area contributed by atoms with Crippen molar-refractivity contribution in [1.29, 1.82) is 5.26 Å². The molecular formula is C14H13N3O2. The van der Waals surface area contributed by atoms with Gasteiger partial charge in [0.05, 0.1) is 18.0 Å². The van der Waals surface area contributed by atoms with E-state index >= 15 is 0 Å². The van der Waals surface area contributed by atoms with Crippen molar-refractivity contribution in [3.05, 3.63) is 30.2 Å². The van der Waals surface area contributed by atoms with E-state index < -0.39 is 5.41 Å². The minimum absolute atomic E-state index is 0.258. The third-order valence-corrected chi connectivity index (χ3v) is 3.13. The highest BCUT2D eigenvalue weighted by Gasteiger charge is 2.24. The van der Waals surface area contributed by atoms with E-state index in [2.05, 4.69) is 16.0 Å². The summed E-state index contributed by atoms with van der Waals surface area (Å²) >= 11 is 0. The molecule has 1 N–H and O–H groups in total. The van der Waals surface area contributed by atoms with Gasteiger partial charge in [-0.05, 0) is 32.0 Å². The topological polar surface area (TPSA) is 70.9 Å². The van der Waals surface area contributed by atoms with E-state index in [1.54, 1.807) is 6.20 Å². The number of rotatable bonds is 2. The number of aromatic amines is 1. The van der Waals surface area contributed by atoms with Crippen LogP contribution in [0.3, 0.4) is 0 Å². The first kappa shape index (κ1) is 11.6. The number of nitriles is 1. The largest absolute Gasteiger partial charge is 0.454 e. The molecule has 1 aliphatic rings. The minimum Gasteiger partial charge on any atom is -0.454 e. The normalized spacial score (nSPS) is 13.3. The third kappa shape index (κ3) is 1.91. The van der Waals surface area contributed by atoms with Gasteiger partial charge in [-0.25, -0.2) is 4.98 Å². The zero-order chi connectivity index (χ0) is 13.5. The van der Waals surface area contributed by atoms with Gasteiger partial charge in [0, 0.05) is 5.56 Å². The van der Waals surface area contributed by atoms with Crippen molar-refractivity contribution in [2.75, 3.05) is 6.79 Å². The lowest BCUT2D eigenvalue weighted by atomic mass is 9.95. The average Bonchev–Trinajstić information content (AvgIpc) is 3.06. The standard InChI is InChI=1S/C14H13N3O2/c1-14(2,7-15)13-16-6-10(17-13)9-3-4-11-12(5-9)19-8-18-11/h3-6H,8H2,1-2H3,(H,16,17). The summed E-state index contributed by atoms with van der Waals surface area (Å²) in [6.07, 6.45) is 1.73. The maximum absolute atomic E-state index is 9.11. The van der Waals surface area contributed by atoms with Crippen LogP contribution in [0.5, 0.6) is 11.5 Å². The van der Waals surface area contributed by atoms with Gasteiger partial charge < -0.3 is 14.5 Å². The highest BCUT2D eigenvalue weighted by molar-refractivity contribution is 5.64. The molecule has 0 spiro atoms. The van der Waals surface area contributed by atoms with Gasteiger partial charge in [0.15, 0.2) is 11.5 Å². The highest BCUT2D eigenvalue weighted by Crippen LogP contribution is 2.35. The molecule has 0 atom stereocenters. The van der Waals surface area contributed by atoms with E-state index in [1.807, 2.05) is 32.0 Å². The van der Waals surface area contributed by atoms with Gasteiger partial charge in [-0.3, -0.25) is 0 Å². The van der Waals surface area contributed by atoms with Gasteiger partial charge in [-0.15, -0.1) is 0 Å². The van der Waals surface area contributed by atoms with Crippen molar-refractivity contribution in [3.8, 4) is 28.8 Å². The molecule has 0 radical (unpaired) electrons. The van der Waals surface area contributed by atoms with Gasteiger partial charge in [0.25, 0.3) is 0 Å². The Hall–Kier alpha value is -2.48. The van der Waals surface area contributed by atoms with Crippen LogP contribution in [0.4, 0.5) is 0 Å². The fourth-order valence-electron chi connectivity index (χ4n) is 1.90. The number of nitrogens with zero attached hydrogens (tertiary/aromatic N) is 2. The van der Waals surface area contributed by atoms with Crippen molar-refractivity contribution >= 4 is 0 Å². The van der Waals surface area contributed by atoms with Crippen LogP contribution in [-0.4, -0.2) is 16.8 Å². The summed E-state index contributed by atoms with van der Waals surface area (Å²) in [5.41, 5.74) is 1.18. The van der Waals surface area contributed by atoms with Crippen LogP contribution in [0.25, 0.3) is 11.3 Å².